The van der Waals surface area contributed by atoms with E-state index in [9.17, 15) is 0 Å². The average Bonchev–Trinajstić information content (AvgIpc) is 2.95. The molecule has 0 amide bonds. The molecular weight excluding hydrogens is 254 g/mol. The lowest BCUT2D eigenvalue weighted by molar-refractivity contribution is 1.09. The predicted octanol–water partition coefficient (Wildman–Crippen LogP) is 1.55. The van der Waals surface area contributed by atoms with Crippen LogP contribution in [0.4, 0.5) is 5.95 Å². The molecule has 7 nitrogen and oxygen atoms in total. The van der Waals surface area contributed by atoms with Crippen LogP contribution in [-0.2, 0) is 0 Å². The molecule has 0 unspecified atom stereocenters. The summed E-state index contributed by atoms with van der Waals surface area (Å²) in [5.41, 5.74) is 8.87. The number of rotatable bonds is 1. The molecule has 0 atom stereocenters. The van der Waals surface area contributed by atoms with Gasteiger partial charge in [0.2, 0.25) is 5.95 Å². The fourth-order valence-electron chi connectivity index (χ4n) is 2.19. The lowest BCUT2D eigenvalue weighted by Gasteiger charge is -2.04. The normalized spacial score (nSPS) is 11.2. The van der Waals surface area contributed by atoms with Gasteiger partial charge in [0.25, 0.3) is 0 Å². The summed E-state index contributed by atoms with van der Waals surface area (Å²) < 4.78 is 0. The first-order valence-electron chi connectivity index (χ1n) is 5.98. The molecule has 4 aromatic rings. The molecule has 0 bridgehead atoms. The molecule has 0 fully saturated rings. The number of fused-ring (bicyclic) bond motifs is 2. The Kier molecular flexibility index (Phi) is 2.13. The van der Waals surface area contributed by atoms with Gasteiger partial charge in [-0.3, -0.25) is 5.10 Å². The minimum atomic E-state index is 0.268. The van der Waals surface area contributed by atoms with Crippen LogP contribution >= 0.6 is 0 Å². The summed E-state index contributed by atoms with van der Waals surface area (Å²) >= 11 is 0. The van der Waals surface area contributed by atoms with Crippen LogP contribution in [0, 0.1) is 0 Å². The first-order valence-corrected chi connectivity index (χ1v) is 5.98. The SMILES string of the molecule is Nc1ncc2cc(-c3ncnc4[nH]ncc34)ccc2n1. The number of H-pyrrole nitrogens is 1. The van der Waals surface area contributed by atoms with E-state index in [4.69, 9.17) is 5.73 Å². The van der Waals surface area contributed by atoms with Gasteiger partial charge in [-0.05, 0) is 12.1 Å². The van der Waals surface area contributed by atoms with Gasteiger partial charge in [0.1, 0.15) is 6.33 Å². The van der Waals surface area contributed by atoms with E-state index >= 15 is 0 Å². The molecule has 3 aromatic heterocycles. The molecule has 0 spiro atoms. The minimum Gasteiger partial charge on any atom is -0.368 e. The van der Waals surface area contributed by atoms with Gasteiger partial charge >= 0.3 is 0 Å². The molecule has 0 aliphatic rings. The van der Waals surface area contributed by atoms with Crippen LogP contribution in [0.5, 0.6) is 0 Å². The molecule has 4 rings (SSSR count). The van der Waals surface area contributed by atoms with E-state index in [1.807, 2.05) is 18.2 Å². The monoisotopic (exact) mass is 263 g/mol. The Bertz CT molecular complexity index is 928. The molecule has 0 radical (unpaired) electrons. The Balaban J connectivity index is 1.98. The molecule has 0 aliphatic carbocycles. The number of aromatic nitrogens is 6. The molecule has 20 heavy (non-hydrogen) atoms. The molecule has 1 aromatic carbocycles. The second-order valence-corrected chi connectivity index (χ2v) is 4.36. The third-order valence-corrected chi connectivity index (χ3v) is 3.12. The third-order valence-electron chi connectivity index (χ3n) is 3.12. The summed E-state index contributed by atoms with van der Waals surface area (Å²) in [5.74, 6) is 0.268. The minimum absolute atomic E-state index is 0.268. The summed E-state index contributed by atoms with van der Waals surface area (Å²) in [6.45, 7) is 0. The van der Waals surface area contributed by atoms with Gasteiger partial charge in [-0.25, -0.2) is 19.9 Å². The molecule has 3 heterocycles. The standard InChI is InChI=1S/C13H9N7/c14-13-15-4-8-3-7(1-2-10(8)19-13)11-9-5-18-20-12(9)17-6-16-11/h1-6H,(H2,14,15,19)(H,16,17,18,20). The zero-order valence-corrected chi connectivity index (χ0v) is 10.3. The Labute approximate surface area is 112 Å². The number of nitrogen functional groups attached to an aromatic ring is 1. The fourth-order valence-corrected chi connectivity index (χ4v) is 2.19. The molecule has 0 aliphatic heterocycles. The molecule has 96 valence electrons. The van der Waals surface area contributed by atoms with Crippen molar-refractivity contribution < 1.29 is 0 Å². The molecule has 7 heteroatoms. The van der Waals surface area contributed by atoms with E-state index < -0.39 is 0 Å². The van der Waals surface area contributed by atoms with E-state index in [1.54, 1.807) is 12.4 Å². The van der Waals surface area contributed by atoms with Crippen molar-refractivity contribution in [3.05, 3.63) is 36.9 Å². The topological polar surface area (TPSA) is 106 Å². The van der Waals surface area contributed by atoms with Crippen molar-refractivity contribution in [2.24, 2.45) is 0 Å². The predicted molar refractivity (Wildman–Crippen MR) is 74.6 cm³/mol. The largest absolute Gasteiger partial charge is 0.368 e. The highest BCUT2D eigenvalue weighted by Crippen LogP contribution is 2.26. The number of aromatic amines is 1. The lowest BCUT2D eigenvalue weighted by atomic mass is 10.1. The van der Waals surface area contributed by atoms with Crippen LogP contribution in [0.25, 0.3) is 33.2 Å². The van der Waals surface area contributed by atoms with Crippen LogP contribution in [0.15, 0.2) is 36.9 Å². The number of hydrogen-bond acceptors (Lipinski definition) is 6. The number of nitrogens with zero attached hydrogens (tertiary/aromatic N) is 5. The summed E-state index contributed by atoms with van der Waals surface area (Å²) in [7, 11) is 0. The highest BCUT2D eigenvalue weighted by atomic mass is 15.1. The molecule has 0 saturated heterocycles. The van der Waals surface area contributed by atoms with Crippen molar-refractivity contribution in [2.45, 2.75) is 0 Å². The van der Waals surface area contributed by atoms with Crippen molar-refractivity contribution in [1.29, 1.82) is 0 Å². The average molecular weight is 263 g/mol. The van der Waals surface area contributed by atoms with Crippen molar-refractivity contribution >= 4 is 27.9 Å². The number of hydrogen-bond donors (Lipinski definition) is 2. The highest BCUT2D eigenvalue weighted by molar-refractivity contribution is 5.93. The van der Waals surface area contributed by atoms with Gasteiger partial charge in [0, 0.05) is 17.1 Å². The summed E-state index contributed by atoms with van der Waals surface area (Å²) in [5, 5.41) is 8.61. The Morgan fingerprint density at radius 2 is 2.00 bits per heavy atom. The van der Waals surface area contributed by atoms with E-state index in [2.05, 4.69) is 30.1 Å². The van der Waals surface area contributed by atoms with Gasteiger partial charge in [-0.1, -0.05) is 6.07 Å². The molecule has 0 saturated carbocycles. The van der Waals surface area contributed by atoms with Gasteiger partial charge in [0.05, 0.1) is 22.8 Å². The molecular formula is C13H9N7. The third kappa shape index (κ3) is 1.57. The maximum atomic E-state index is 5.58. The van der Waals surface area contributed by atoms with E-state index in [1.165, 1.54) is 6.33 Å². The van der Waals surface area contributed by atoms with Crippen molar-refractivity contribution in [1.82, 2.24) is 30.1 Å². The van der Waals surface area contributed by atoms with Crippen LogP contribution < -0.4 is 5.73 Å². The Morgan fingerprint density at radius 3 is 2.95 bits per heavy atom. The van der Waals surface area contributed by atoms with Crippen molar-refractivity contribution in [2.75, 3.05) is 5.73 Å². The van der Waals surface area contributed by atoms with Crippen LogP contribution in [0.2, 0.25) is 0 Å². The smallest absolute Gasteiger partial charge is 0.220 e. The Morgan fingerprint density at radius 1 is 1.05 bits per heavy atom. The van der Waals surface area contributed by atoms with Crippen molar-refractivity contribution in [3.8, 4) is 11.3 Å². The highest BCUT2D eigenvalue weighted by Gasteiger charge is 2.09. The number of nitrogens with one attached hydrogen (secondary N) is 1. The van der Waals surface area contributed by atoms with Gasteiger partial charge in [-0.15, -0.1) is 0 Å². The fraction of sp³-hybridized carbons (Fsp3) is 0. The first-order chi connectivity index (χ1) is 9.81. The maximum Gasteiger partial charge on any atom is 0.220 e. The second kappa shape index (κ2) is 3.95. The number of anilines is 1. The van der Waals surface area contributed by atoms with Gasteiger partial charge in [0.15, 0.2) is 5.65 Å². The quantitative estimate of drug-likeness (QED) is 0.539. The maximum absolute atomic E-state index is 5.58. The Hall–Kier alpha value is -3.09. The second-order valence-electron chi connectivity index (χ2n) is 4.36. The zero-order valence-electron chi connectivity index (χ0n) is 10.3. The summed E-state index contributed by atoms with van der Waals surface area (Å²) in [4.78, 5) is 16.7. The lowest BCUT2D eigenvalue weighted by Crippen LogP contribution is -1.94. The first kappa shape index (κ1) is 10.8. The van der Waals surface area contributed by atoms with E-state index in [-0.39, 0.29) is 5.95 Å². The van der Waals surface area contributed by atoms with Crippen LogP contribution in [-0.4, -0.2) is 30.1 Å². The van der Waals surface area contributed by atoms with E-state index in [0.717, 1.165) is 27.5 Å². The summed E-state index contributed by atoms with van der Waals surface area (Å²) in [6, 6.07) is 5.82. The van der Waals surface area contributed by atoms with Crippen LogP contribution in [0.3, 0.4) is 0 Å². The zero-order chi connectivity index (χ0) is 13.5. The summed E-state index contributed by atoms with van der Waals surface area (Å²) in [6.07, 6.45) is 4.93. The number of nitrogens with two attached hydrogens (primary N) is 1. The number of benzene rings is 1. The van der Waals surface area contributed by atoms with Crippen LogP contribution in [0.1, 0.15) is 0 Å². The van der Waals surface area contributed by atoms with Crippen molar-refractivity contribution in [3.63, 3.8) is 0 Å². The van der Waals surface area contributed by atoms with E-state index in [0.29, 0.717) is 5.65 Å². The van der Waals surface area contributed by atoms with Gasteiger partial charge in [-0.2, -0.15) is 5.10 Å². The molecule has 3 N–H and O–H groups in total. The van der Waals surface area contributed by atoms with Gasteiger partial charge < -0.3 is 5.73 Å².